The van der Waals surface area contributed by atoms with Gasteiger partial charge in [-0.1, -0.05) is 41.1 Å². The first-order chi connectivity index (χ1) is 9.22. The molecular formula is C15H17BrN2O. The maximum atomic E-state index is 12.1. The quantitative estimate of drug-likeness (QED) is 0.897. The third-order valence-electron chi connectivity index (χ3n) is 2.92. The molecule has 1 N–H and O–H groups in total. The summed E-state index contributed by atoms with van der Waals surface area (Å²) in [5, 5.41) is 2.95. The summed E-state index contributed by atoms with van der Waals surface area (Å²) in [4.78, 5) is 12.1. The Hall–Kier alpha value is -1.55. The van der Waals surface area contributed by atoms with Gasteiger partial charge in [0.15, 0.2) is 0 Å². The number of hydrogen-bond donors (Lipinski definition) is 1. The van der Waals surface area contributed by atoms with E-state index >= 15 is 0 Å². The third kappa shape index (κ3) is 3.47. The lowest BCUT2D eigenvalue weighted by molar-refractivity contribution is 0.0941. The number of carbonyl (C=O) groups excluding carboxylic acids is 1. The van der Waals surface area contributed by atoms with E-state index in [1.54, 1.807) is 0 Å². The normalized spacial score (nSPS) is 10.4. The van der Waals surface area contributed by atoms with Gasteiger partial charge in [0.2, 0.25) is 0 Å². The van der Waals surface area contributed by atoms with Gasteiger partial charge in [0, 0.05) is 23.8 Å². The minimum absolute atomic E-state index is 0.0331. The van der Waals surface area contributed by atoms with Crippen LogP contribution in [0.5, 0.6) is 0 Å². The fourth-order valence-electron chi connectivity index (χ4n) is 1.96. The number of benzene rings is 1. The van der Waals surface area contributed by atoms with Crippen LogP contribution in [0.2, 0.25) is 0 Å². The second kappa shape index (κ2) is 6.57. The van der Waals surface area contributed by atoms with Crippen molar-refractivity contribution < 1.29 is 4.79 Å². The predicted octanol–water partition coefficient (Wildman–Crippen LogP) is 3.59. The Morgan fingerprint density at radius 1 is 1.26 bits per heavy atom. The molecule has 0 bridgehead atoms. The molecule has 0 spiro atoms. The van der Waals surface area contributed by atoms with E-state index in [1.165, 1.54) is 0 Å². The molecule has 2 aromatic rings. The van der Waals surface area contributed by atoms with E-state index < -0.39 is 0 Å². The number of hydrogen-bond acceptors (Lipinski definition) is 1. The van der Waals surface area contributed by atoms with Gasteiger partial charge in [-0.3, -0.25) is 4.79 Å². The first-order valence-electron chi connectivity index (χ1n) is 6.39. The van der Waals surface area contributed by atoms with Gasteiger partial charge in [0.1, 0.15) is 5.69 Å². The van der Waals surface area contributed by atoms with Gasteiger partial charge in [-0.05, 0) is 30.2 Å². The Balaban J connectivity index is 2.02. The lowest BCUT2D eigenvalue weighted by Gasteiger charge is -2.09. The summed E-state index contributed by atoms with van der Waals surface area (Å²) >= 11 is 3.48. The molecule has 0 atom stereocenters. The predicted molar refractivity (Wildman–Crippen MR) is 80.0 cm³/mol. The smallest absolute Gasteiger partial charge is 0.268 e. The lowest BCUT2D eigenvalue weighted by Crippen LogP contribution is -2.25. The molecule has 2 rings (SSSR count). The zero-order valence-electron chi connectivity index (χ0n) is 10.9. The van der Waals surface area contributed by atoms with Crippen molar-refractivity contribution in [3.8, 4) is 0 Å². The van der Waals surface area contributed by atoms with Gasteiger partial charge in [0.25, 0.3) is 5.91 Å². The van der Waals surface area contributed by atoms with Gasteiger partial charge in [-0.25, -0.2) is 0 Å². The molecule has 3 nitrogen and oxygen atoms in total. The Morgan fingerprint density at radius 3 is 2.79 bits per heavy atom. The Labute approximate surface area is 121 Å². The zero-order valence-corrected chi connectivity index (χ0v) is 12.5. The molecule has 1 aromatic heterocycles. The highest BCUT2D eigenvalue weighted by Crippen LogP contribution is 2.15. The molecule has 4 heteroatoms. The number of carbonyl (C=O) groups is 1. The van der Waals surface area contributed by atoms with E-state index in [4.69, 9.17) is 0 Å². The molecule has 0 saturated carbocycles. The minimum Gasteiger partial charge on any atom is -0.347 e. The van der Waals surface area contributed by atoms with Crippen LogP contribution >= 0.6 is 15.9 Å². The molecule has 0 fully saturated rings. The van der Waals surface area contributed by atoms with Crippen LogP contribution in [0.4, 0.5) is 0 Å². The highest BCUT2D eigenvalue weighted by atomic mass is 79.9. The van der Waals surface area contributed by atoms with Crippen molar-refractivity contribution in [2.75, 3.05) is 0 Å². The maximum Gasteiger partial charge on any atom is 0.268 e. The minimum atomic E-state index is -0.0331. The Kier molecular flexibility index (Phi) is 4.80. The van der Waals surface area contributed by atoms with E-state index in [0.717, 1.165) is 23.0 Å². The number of aromatic nitrogens is 1. The van der Waals surface area contributed by atoms with Crippen LogP contribution in [0.1, 0.15) is 29.4 Å². The van der Waals surface area contributed by atoms with Crippen LogP contribution in [0.15, 0.2) is 47.1 Å². The molecule has 0 unspecified atom stereocenters. The lowest BCUT2D eigenvalue weighted by atomic mass is 10.2. The average molecular weight is 321 g/mol. The van der Waals surface area contributed by atoms with Crippen molar-refractivity contribution in [3.05, 3.63) is 58.3 Å². The van der Waals surface area contributed by atoms with Crippen LogP contribution in [0.25, 0.3) is 0 Å². The second-order valence-electron chi connectivity index (χ2n) is 4.36. The highest BCUT2D eigenvalue weighted by Gasteiger charge is 2.10. The summed E-state index contributed by atoms with van der Waals surface area (Å²) in [5.41, 5.74) is 1.79. The van der Waals surface area contributed by atoms with Gasteiger partial charge >= 0.3 is 0 Å². The molecule has 100 valence electrons. The second-order valence-corrected chi connectivity index (χ2v) is 5.22. The van der Waals surface area contributed by atoms with Gasteiger partial charge in [-0.15, -0.1) is 0 Å². The number of aryl methyl sites for hydroxylation is 1. The van der Waals surface area contributed by atoms with Crippen molar-refractivity contribution in [2.45, 2.75) is 26.4 Å². The van der Waals surface area contributed by atoms with Crippen molar-refractivity contribution in [2.24, 2.45) is 0 Å². The SMILES string of the molecule is CCCn1cccc1C(=O)NCc1ccccc1Br. The summed E-state index contributed by atoms with van der Waals surface area (Å²) < 4.78 is 2.99. The molecule has 1 aromatic carbocycles. The van der Waals surface area contributed by atoms with Crippen LogP contribution in [0, 0.1) is 0 Å². The van der Waals surface area contributed by atoms with Crippen molar-refractivity contribution >= 4 is 21.8 Å². The Morgan fingerprint density at radius 2 is 2.05 bits per heavy atom. The number of amides is 1. The molecule has 0 aliphatic rings. The highest BCUT2D eigenvalue weighted by molar-refractivity contribution is 9.10. The fraction of sp³-hybridized carbons (Fsp3) is 0.267. The molecule has 1 amide bonds. The van der Waals surface area contributed by atoms with Crippen molar-refractivity contribution in [1.29, 1.82) is 0 Å². The van der Waals surface area contributed by atoms with Gasteiger partial charge < -0.3 is 9.88 Å². The van der Waals surface area contributed by atoms with Crippen LogP contribution in [0.3, 0.4) is 0 Å². The van der Waals surface area contributed by atoms with Gasteiger partial charge in [0.05, 0.1) is 0 Å². The van der Waals surface area contributed by atoms with E-state index in [2.05, 4.69) is 28.2 Å². The zero-order chi connectivity index (χ0) is 13.7. The monoisotopic (exact) mass is 320 g/mol. The fourth-order valence-corrected chi connectivity index (χ4v) is 2.39. The molecule has 0 aliphatic heterocycles. The Bertz CT molecular complexity index is 563. The molecule has 0 saturated heterocycles. The van der Waals surface area contributed by atoms with E-state index in [0.29, 0.717) is 12.2 Å². The summed E-state index contributed by atoms with van der Waals surface area (Å²) in [6.07, 6.45) is 2.95. The average Bonchev–Trinajstić information content (AvgIpc) is 2.86. The van der Waals surface area contributed by atoms with Crippen LogP contribution in [-0.2, 0) is 13.1 Å². The summed E-state index contributed by atoms with van der Waals surface area (Å²) in [5.74, 6) is -0.0331. The number of halogens is 1. The molecule has 1 heterocycles. The van der Waals surface area contributed by atoms with E-state index in [9.17, 15) is 4.79 Å². The topological polar surface area (TPSA) is 34.0 Å². The first kappa shape index (κ1) is 13.9. The van der Waals surface area contributed by atoms with Gasteiger partial charge in [-0.2, -0.15) is 0 Å². The standard InChI is InChI=1S/C15H17BrN2O/c1-2-9-18-10-5-8-14(18)15(19)17-11-12-6-3-4-7-13(12)16/h3-8,10H,2,9,11H2,1H3,(H,17,19). The third-order valence-corrected chi connectivity index (χ3v) is 3.70. The first-order valence-corrected chi connectivity index (χ1v) is 7.18. The molecule has 0 aliphatic carbocycles. The summed E-state index contributed by atoms with van der Waals surface area (Å²) in [6, 6.07) is 11.7. The van der Waals surface area contributed by atoms with E-state index in [-0.39, 0.29) is 5.91 Å². The molecule has 19 heavy (non-hydrogen) atoms. The summed E-state index contributed by atoms with van der Waals surface area (Å²) in [6.45, 7) is 3.49. The van der Waals surface area contributed by atoms with Crippen molar-refractivity contribution in [1.82, 2.24) is 9.88 Å². The number of nitrogens with zero attached hydrogens (tertiary/aromatic N) is 1. The summed E-state index contributed by atoms with van der Waals surface area (Å²) in [7, 11) is 0. The van der Waals surface area contributed by atoms with Crippen molar-refractivity contribution in [3.63, 3.8) is 0 Å². The number of rotatable bonds is 5. The largest absolute Gasteiger partial charge is 0.347 e. The van der Waals surface area contributed by atoms with Crippen LogP contribution < -0.4 is 5.32 Å². The van der Waals surface area contributed by atoms with Crippen LogP contribution in [-0.4, -0.2) is 10.5 Å². The molecule has 0 radical (unpaired) electrons. The van der Waals surface area contributed by atoms with E-state index in [1.807, 2.05) is 47.2 Å². The maximum absolute atomic E-state index is 12.1. The number of nitrogens with one attached hydrogen (secondary N) is 1. The molecular weight excluding hydrogens is 304 g/mol.